The molecule has 0 bridgehead atoms. The van der Waals surface area contributed by atoms with E-state index in [0.29, 0.717) is 19.6 Å². The van der Waals surface area contributed by atoms with E-state index in [0.717, 1.165) is 5.56 Å². The Morgan fingerprint density at radius 1 is 1.12 bits per heavy atom. The summed E-state index contributed by atoms with van der Waals surface area (Å²) in [7, 11) is 0. The second-order valence-electron chi connectivity index (χ2n) is 3.44. The molecule has 1 rings (SSSR count). The van der Waals surface area contributed by atoms with Crippen molar-refractivity contribution in [3.63, 3.8) is 0 Å². The largest absolute Gasteiger partial charge is 0.457 e. The van der Waals surface area contributed by atoms with E-state index in [2.05, 4.69) is 5.92 Å². The van der Waals surface area contributed by atoms with Gasteiger partial charge in [-0.05, 0) is 12.0 Å². The van der Waals surface area contributed by atoms with Gasteiger partial charge in [-0.2, -0.15) is 13.2 Å². The van der Waals surface area contributed by atoms with E-state index in [1.807, 2.05) is 30.3 Å². The Kier molecular flexibility index (Phi) is 5.58. The summed E-state index contributed by atoms with van der Waals surface area (Å²) in [6.07, 6.45) is -3.67. The van der Waals surface area contributed by atoms with Gasteiger partial charge in [0.2, 0.25) is 0 Å². The normalized spacial score (nSPS) is 10.8. The minimum atomic E-state index is -4.38. The van der Waals surface area contributed by atoms with E-state index in [1.54, 1.807) is 0 Å². The Bertz CT molecular complexity index is 373. The van der Waals surface area contributed by atoms with Crippen LogP contribution >= 0.6 is 0 Å². The maximum Gasteiger partial charge on any atom is 0.457 e. The standard InChI is InChI=1S/C13H13F3O/c14-13(15,16)9-5-2-6-10-17-11-12-7-3-1-4-8-12/h1,3-4,7-8H,2,6,10-11H2. The smallest absolute Gasteiger partial charge is 0.377 e. The molecule has 0 aromatic heterocycles. The topological polar surface area (TPSA) is 9.23 Å². The highest BCUT2D eigenvalue weighted by Gasteiger charge is 2.22. The molecule has 17 heavy (non-hydrogen) atoms. The van der Waals surface area contributed by atoms with Gasteiger partial charge in [-0.3, -0.25) is 0 Å². The molecule has 0 unspecified atom stereocenters. The second kappa shape index (κ2) is 6.97. The van der Waals surface area contributed by atoms with Crippen molar-refractivity contribution in [1.82, 2.24) is 0 Å². The number of benzene rings is 1. The first-order chi connectivity index (χ1) is 8.08. The van der Waals surface area contributed by atoms with Crippen LogP contribution in [0.3, 0.4) is 0 Å². The van der Waals surface area contributed by atoms with Crippen molar-refractivity contribution in [2.24, 2.45) is 0 Å². The van der Waals surface area contributed by atoms with Gasteiger partial charge in [-0.15, -0.1) is 0 Å². The molecular weight excluding hydrogens is 229 g/mol. The molecule has 0 saturated carbocycles. The van der Waals surface area contributed by atoms with Crippen molar-refractivity contribution in [3.05, 3.63) is 35.9 Å². The Morgan fingerprint density at radius 2 is 1.82 bits per heavy atom. The lowest BCUT2D eigenvalue weighted by molar-refractivity contribution is -0.0697. The van der Waals surface area contributed by atoms with Crippen LogP contribution in [0.15, 0.2) is 30.3 Å². The predicted octanol–water partition coefficient (Wildman–Crippen LogP) is 3.55. The molecule has 0 radical (unpaired) electrons. The van der Waals surface area contributed by atoms with Crippen LogP contribution in [0.25, 0.3) is 0 Å². The maximum absolute atomic E-state index is 11.6. The highest BCUT2D eigenvalue weighted by Crippen LogP contribution is 2.12. The van der Waals surface area contributed by atoms with Crippen LogP contribution in [0, 0.1) is 11.8 Å². The number of halogens is 3. The minimum absolute atomic E-state index is 0.203. The molecule has 0 saturated heterocycles. The molecule has 1 nitrogen and oxygen atoms in total. The number of ether oxygens (including phenoxy) is 1. The first-order valence-corrected chi connectivity index (χ1v) is 5.26. The lowest BCUT2D eigenvalue weighted by atomic mass is 10.2. The monoisotopic (exact) mass is 242 g/mol. The third-order valence-electron chi connectivity index (χ3n) is 1.93. The first-order valence-electron chi connectivity index (χ1n) is 5.26. The van der Waals surface area contributed by atoms with E-state index < -0.39 is 6.18 Å². The number of alkyl halides is 3. The molecule has 0 spiro atoms. The third kappa shape index (κ3) is 7.42. The zero-order valence-electron chi connectivity index (χ0n) is 9.26. The van der Waals surface area contributed by atoms with Crippen molar-refractivity contribution in [3.8, 4) is 11.8 Å². The van der Waals surface area contributed by atoms with Crippen molar-refractivity contribution in [2.45, 2.75) is 25.6 Å². The average Bonchev–Trinajstić information content (AvgIpc) is 2.28. The summed E-state index contributed by atoms with van der Waals surface area (Å²) in [4.78, 5) is 0. The summed E-state index contributed by atoms with van der Waals surface area (Å²) in [5.41, 5.74) is 1.05. The van der Waals surface area contributed by atoms with Crippen LogP contribution in [0.1, 0.15) is 18.4 Å². The minimum Gasteiger partial charge on any atom is -0.377 e. The van der Waals surface area contributed by atoms with Gasteiger partial charge in [0.1, 0.15) is 0 Å². The molecule has 1 aromatic carbocycles. The Labute approximate surface area is 98.6 Å². The van der Waals surface area contributed by atoms with Gasteiger partial charge >= 0.3 is 6.18 Å². The molecular formula is C13H13F3O. The van der Waals surface area contributed by atoms with Gasteiger partial charge < -0.3 is 4.74 Å². The van der Waals surface area contributed by atoms with Crippen molar-refractivity contribution in [2.75, 3.05) is 6.61 Å². The van der Waals surface area contributed by atoms with Crippen molar-refractivity contribution in [1.29, 1.82) is 0 Å². The van der Waals surface area contributed by atoms with E-state index in [9.17, 15) is 13.2 Å². The van der Waals surface area contributed by atoms with E-state index in [-0.39, 0.29) is 6.42 Å². The van der Waals surface area contributed by atoms with Crippen LogP contribution in [0.5, 0.6) is 0 Å². The summed E-state index contributed by atoms with van der Waals surface area (Å²) < 4.78 is 40.2. The van der Waals surface area contributed by atoms with Gasteiger partial charge in [-0.1, -0.05) is 36.3 Å². The Morgan fingerprint density at radius 3 is 2.47 bits per heavy atom. The average molecular weight is 242 g/mol. The first kappa shape index (κ1) is 13.6. The molecule has 4 heteroatoms. The summed E-state index contributed by atoms with van der Waals surface area (Å²) in [5.74, 6) is 3.29. The van der Waals surface area contributed by atoms with E-state index >= 15 is 0 Å². The van der Waals surface area contributed by atoms with Gasteiger partial charge in [-0.25, -0.2) is 0 Å². The van der Waals surface area contributed by atoms with Gasteiger partial charge in [0.25, 0.3) is 0 Å². The van der Waals surface area contributed by atoms with Gasteiger partial charge in [0.15, 0.2) is 0 Å². The quantitative estimate of drug-likeness (QED) is 0.566. The van der Waals surface area contributed by atoms with Crippen LogP contribution in [0.2, 0.25) is 0 Å². The molecule has 0 aliphatic carbocycles. The maximum atomic E-state index is 11.6. The summed E-state index contributed by atoms with van der Waals surface area (Å²) in [5, 5.41) is 0. The molecule has 0 fully saturated rings. The molecule has 92 valence electrons. The second-order valence-corrected chi connectivity index (χ2v) is 3.44. The lowest BCUT2D eigenvalue weighted by Gasteiger charge is -2.02. The molecule has 0 heterocycles. The van der Waals surface area contributed by atoms with Crippen LogP contribution in [-0.2, 0) is 11.3 Å². The van der Waals surface area contributed by atoms with E-state index in [1.165, 1.54) is 5.92 Å². The number of unbranched alkanes of at least 4 members (excludes halogenated alkanes) is 1. The molecule has 0 aliphatic heterocycles. The van der Waals surface area contributed by atoms with Crippen LogP contribution in [-0.4, -0.2) is 12.8 Å². The SMILES string of the molecule is FC(F)(F)C#CCCCOCc1ccccc1. The number of hydrogen-bond acceptors (Lipinski definition) is 1. The summed E-state index contributed by atoms with van der Waals surface area (Å²) in [6, 6.07) is 9.60. The zero-order chi connectivity index (χ0) is 12.6. The van der Waals surface area contributed by atoms with Crippen LogP contribution in [0.4, 0.5) is 13.2 Å². The fourth-order valence-electron chi connectivity index (χ4n) is 1.19. The highest BCUT2D eigenvalue weighted by atomic mass is 19.4. The molecule has 1 aromatic rings. The van der Waals surface area contributed by atoms with Crippen LogP contribution < -0.4 is 0 Å². The molecule has 0 amide bonds. The van der Waals surface area contributed by atoms with Crippen molar-refractivity contribution >= 4 is 0 Å². The Balaban J connectivity index is 2.07. The summed E-state index contributed by atoms with van der Waals surface area (Å²) in [6.45, 7) is 0.898. The Hall–Kier alpha value is -1.47. The molecule has 0 N–H and O–H groups in total. The molecule has 0 atom stereocenters. The number of rotatable bonds is 5. The predicted molar refractivity (Wildman–Crippen MR) is 59.2 cm³/mol. The zero-order valence-corrected chi connectivity index (χ0v) is 9.26. The van der Waals surface area contributed by atoms with E-state index in [4.69, 9.17) is 4.74 Å². The fraction of sp³-hybridized carbons (Fsp3) is 0.385. The molecule has 0 aliphatic rings. The fourth-order valence-corrected chi connectivity index (χ4v) is 1.19. The lowest BCUT2D eigenvalue weighted by Crippen LogP contribution is -2.01. The highest BCUT2D eigenvalue weighted by molar-refractivity contribution is 5.13. The number of hydrogen-bond donors (Lipinski definition) is 0. The summed E-state index contributed by atoms with van der Waals surface area (Å²) >= 11 is 0. The van der Waals surface area contributed by atoms with Crippen molar-refractivity contribution < 1.29 is 17.9 Å². The van der Waals surface area contributed by atoms with Gasteiger partial charge in [0.05, 0.1) is 6.61 Å². The van der Waals surface area contributed by atoms with Gasteiger partial charge in [0, 0.05) is 18.9 Å². The third-order valence-corrected chi connectivity index (χ3v) is 1.93.